The average Bonchev–Trinajstić information content (AvgIpc) is 3.27. The molecule has 1 aliphatic heterocycles. The zero-order chi connectivity index (χ0) is 23.8. The van der Waals surface area contributed by atoms with E-state index in [4.69, 9.17) is 32.5 Å². The molecule has 9 heteroatoms. The molecule has 1 fully saturated rings. The molecule has 4 atom stereocenters. The zero-order valence-electron chi connectivity index (χ0n) is 20.6. The van der Waals surface area contributed by atoms with E-state index in [1.165, 1.54) is 6.33 Å². The van der Waals surface area contributed by atoms with Crippen LogP contribution in [0.25, 0.3) is 5.52 Å². The first-order chi connectivity index (χ1) is 16.0. The maximum Gasteiger partial charge on any atom is 0.150 e. The third-order valence-corrected chi connectivity index (χ3v) is 6.27. The van der Waals surface area contributed by atoms with E-state index in [-0.39, 0.29) is 12.2 Å². The molecular weight excluding hydrogens is 419 g/mol. The van der Waals surface area contributed by atoms with Gasteiger partial charge in [0, 0.05) is 19.8 Å². The van der Waals surface area contributed by atoms with Crippen molar-refractivity contribution in [3.05, 3.63) is 18.1 Å². The standard InChI is InChI=1S/C24H39BN4O4/c1-5-8-11-30-15-19-22(31-12-9-6-2)24(4,32-13-10-7-3)21(33-19)18-14-17(25)20-23(26)27-16-28-29(18)20/h14,16,19,21-22H,5-13,15H2,1-4H3,(H2,26,27,28)/t19-,21+,22-,24+/m1/s1. The van der Waals surface area contributed by atoms with Crippen LogP contribution in [0.3, 0.4) is 0 Å². The minimum Gasteiger partial charge on any atom is -0.382 e. The maximum absolute atomic E-state index is 6.63. The van der Waals surface area contributed by atoms with E-state index in [2.05, 4.69) is 37.8 Å². The van der Waals surface area contributed by atoms with Gasteiger partial charge in [-0.05, 0) is 32.3 Å². The molecule has 3 heterocycles. The second-order valence-electron chi connectivity index (χ2n) is 8.94. The predicted molar refractivity (Wildman–Crippen MR) is 130 cm³/mol. The molecule has 33 heavy (non-hydrogen) atoms. The van der Waals surface area contributed by atoms with Gasteiger partial charge < -0.3 is 24.7 Å². The van der Waals surface area contributed by atoms with Gasteiger partial charge >= 0.3 is 0 Å². The number of nitrogens with zero attached hydrogens (tertiary/aromatic N) is 3. The second-order valence-corrected chi connectivity index (χ2v) is 8.94. The molecule has 0 aliphatic carbocycles. The van der Waals surface area contributed by atoms with Crippen molar-refractivity contribution in [2.75, 3.05) is 32.2 Å². The van der Waals surface area contributed by atoms with E-state index in [0.717, 1.165) is 44.2 Å². The first-order valence-corrected chi connectivity index (χ1v) is 12.3. The van der Waals surface area contributed by atoms with Crippen molar-refractivity contribution in [1.82, 2.24) is 14.6 Å². The molecule has 2 aromatic rings. The Labute approximate surface area is 198 Å². The van der Waals surface area contributed by atoms with Gasteiger partial charge in [-0.15, -0.1) is 0 Å². The Hall–Kier alpha value is -1.68. The Morgan fingerprint density at radius 1 is 1.12 bits per heavy atom. The summed E-state index contributed by atoms with van der Waals surface area (Å²) in [5, 5.41) is 4.42. The largest absolute Gasteiger partial charge is 0.382 e. The highest BCUT2D eigenvalue weighted by atomic mass is 16.6. The number of nitrogens with two attached hydrogens (primary N) is 1. The molecule has 1 saturated heterocycles. The lowest BCUT2D eigenvalue weighted by atomic mass is 9.89. The van der Waals surface area contributed by atoms with Gasteiger partial charge in [-0.3, -0.25) is 0 Å². The number of anilines is 1. The monoisotopic (exact) mass is 458 g/mol. The Morgan fingerprint density at radius 2 is 1.82 bits per heavy atom. The summed E-state index contributed by atoms with van der Waals surface area (Å²) >= 11 is 0. The van der Waals surface area contributed by atoms with Gasteiger partial charge in [0.1, 0.15) is 43.6 Å². The minimum absolute atomic E-state index is 0.277. The molecule has 0 unspecified atom stereocenters. The van der Waals surface area contributed by atoms with E-state index in [1.54, 1.807) is 4.52 Å². The van der Waals surface area contributed by atoms with Crippen molar-refractivity contribution < 1.29 is 18.9 Å². The first-order valence-electron chi connectivity index (χ1n) is 12.3. The zero-order valence-corrected chi connectivity index (χ0v) is 20.6. The topological polar surface area (TPSA) is 93.1 Å². The summed E-state index contributed by atoms with van der Waals surface area (Å²) in [5.74, 6) is 0.329. The van der Waals surface area contributed by atoms with Crippen LogP contribution in [-0.4, -0.2) is 66.7 Å². The summed E-state index contributed by atoms with van der Waals surface area (Å²) < 4.78 is 27.3. The summed E-state index contributed by atoms with van der Waals surface area (Å²) in [6.07, 6.45) is 6.51. The summed E-state index contributed by atoms with van der Waals surface area (Å²) in [6.45, 7) is 10.9. The average molecular weight is 458 g/mol. The van der Waals surface area contributed by atoms with Crippen molar-refractivity contribution >= 4 is 24.6 Å². The van der Waals surface area contributed by atoms with Gasteiger partial charge in [-0.25, -0.2) is 9.50 Å². The van der Waals surface area contributed by atoms with Gasteiger partial charge in [0.25, 0.3) is 0 Å². The van der Waals surface area contributed by atoms with Gasteiger partial charge in [0.2, 0.25) is 0 Å². The van der Waals surface area contributed by atoms with Gasteiger partial charge in [-0.2, -0.15) is 5.10 Å². The van der Waals surface area contributed by atoms with Crippen LogP contribution >= 0.6 is 0 Å². The van der Waals surface area contributed by atoms with Crippen LogP contribution in [0.5, 0.6) is 0 Å². The summed E-state index contributed by atoms with van der Waals surface area (Å²) in [5.41, 5.74) is 7.21. The normalized spacial score (nSPS) is 25.3. The highest BCUT2D eigenvalue weighted by Gasteiger charge is 2.57. The molecule has 0 amide bonds. The lowest BCUT2D eigenvalue weighted by Crippen LogP contribution is -2.48. The van der Waals surface area contributed by atoms with E-state index in [1.807, 2.05) is 6.07 Å². The van der Waals surface area contributed by atoms with Crippen molar-refractivity contribution in [3.8, 4) is 0 Å². The number of aromatic nitrogens is 3. The summed E-state index contributed by atoms with van der Waals surface area (Å²) in [4.78, 5) is 4.09. The molecule has 182 valence electrons. The van der Waals surface area contributed by atoms with Crippen molar-refractivity contribution in [2.45, 2.75) is 90.1 Å². The van der Waals surface area contributed by atoms with Crippen LogP contribution in [0, 0.1) is 0 Å². The molecule has 2 N–H and O–H groups in total. The fourth-order valence-electron chi connectivity index (χ4n) is 4.37. The lowest BCUT2D eigenvalue weighted by Gasteiger charge is -2.35. The Balaban J connectivity index is 1.98. The van der Waals surface area contributed by atoms with Crippen LogP contribution in [0.15, 0.2) is 12.4 Å². The molecule has 2 radical (unpaired) electrons. The van der Waals surface area contributed by atoms with Crippen LogP contribution < -0.4 is 11.2 Å². The van der Waals surface area contributed by atoms with Crippen molar-refractivity contribution in [2.24, 2.45) is 0 Å². The highest BCUT2D eigenvalue weighted by Crippen LogP contribution is 2.46. The quantitative estimate of drug-likeness (QED) is 0.344. The Morgan fingerprint density at radius 3 is 2.55 bits per heavy atom. The summed E-state index contributed by atoms with van der Waals surface area (Å²) in [6, 6.07) is 1.86. The minimum atomic E-state index is -0.748. The third kappa shape index (κ3) is 5.70. The number of nitrogen functional groups attached to an aromatic ring is 1. The molecular formula is C24H39BN4O4. The number of unbranched alkanes of at least 4 members (excludes halogenated alkanes) is 3. The molecule has 3 rings (SSSR count). The van der Waals surface area contributed by atoms with Gasteiger partial charge in [0.05, 0.1) is 12.3 Å². The van der Waals surface area contributed by atoms with Crippen LogP contribution in [0.2, 0.25) is 0 Å². The fourth-order valence-corrected chi connectivity index (χ4v) is 4.37. The summed E-state index contributed by atoms with van der Waals surface area (Å²) in [7, 11) is 6.30. The molecule has 0 bridgehead atoms. The molecule has 0 spiro atoms. The lowest BCUT2D eigenvalue weighted by molar-refractivity contribution is -0.138. The predicted octanol–water partition coefficient (Wildman–Crippen LogP) is 3.12. The van der Waals surface area contributed by atoms with Crippen molar-refractivity contribution in [1.29, 1.82) is 0 Å². The van der Waals surface area contributed by atoms with Gasteiger partial charge in [0.15, 0.2) is 5.82 Å². The fraction of sp³-hybridized carbons (Fsp3) is 0.750. The maximum atomic E-state index is 6.63. The van der Waals surface area contributed by atoms with Crippen LogP contribution in [-0.2, 0) is 18.9 Å². The highest BCUT2D eigenvalue weighted by molar-refractivity contribution is 6.37. The molecule has 8 nitrogen and oxygen atoms in total. The second kappa shape index (κ2) is 12.2. The number of hydrogen-bond acceptors (Lipinski definition) is 7. The SMILES string of the molecule is [B]c1cc([C@@H]2O[C@H](COCCCC)[C@@H](OCCCC)[C@@]2(C)OCCCC)n2ncnc(N)c12. The number of fused-ring (bicyclic) bond motifs is 1. The third-order valence-electron chi connectivity index (χ3n) is 6.27. The van der Waals surface area contributed by atoms with E-state index < -0.39 is 11.7 Å². The number of rotatable bonds is 14. The van der Waals surface area contributed by atoms with E-state index in [0.29, 0.717) is 43.2 Å². The smallest absolute Gasteiger partial charge is 0.150 e. The first kappa shape index (κ1) is 25.9. The van der Waals surface area contributed by atoms with E-state index in [9.17, 15) is 0 Å². The van der Waals surface area contributed by atoms with Gasteiger partial charge in [-0.1, -0.05) is 45.5 Å². The van der Waals surface area contributed by atoms with Crippen LogP contribution in [0.4, 0.5) is 5.82 Å². The van der Waals surface area contributed by atoms with Crippen molar-refractivity contribution in [3.63, 3.8) is 0 Å². The number of ether oxygens (including phenoxy) is 4. The Bertz CT molecular complexity index is 880. The molecule has 0 saturated carbocycles. The molecule has 0 aromatic carbocycles. The number of hydrogen-bond donors (Lipinski definition) is 1. The van der Waals surface area contributed by atoms with Crippen LogP contribution in [0.1, 0.15) is 78.0 Å². The molecule has 1 aliphatic rings. The Kier molecular flexibility index (Phi) is 9.55. The van der Waals surface area contributed by atoms with E-state index >= 15 is 0 Å². The molecule has 2 aromatic heterocycles.